The number of piperidine rings is 1. The van der Waals surface area contributed by atoms with Crippen molar-refractivity contribution in [2.75, 3.05) is 57.7 Å². The molecule has 1 aromatic carbocycles. The number of carbonyl (C=O) groups excluding carboxylic acids is 1. The van der Waals surface area contributed by atoms with Crippen LogP contribution in [0.2, 0.25) is 0 Å². The third kappa shape index (κ3) is 5.74. The Morgan fingerprint density at radius 3 is 2.37 bits per heavy atom. The molecule has 4 heterocycles. The number of amides is 2. The number of hydrogen-bond donors (Lipinski definition) is 3. The van der Waals surface area contributed by atoms with Crippen LogP contribution in [0.4, 0.5) is 10.6 Å². The summed E-state index contributed by atoms with van der Waals surface area (Å²) in [7, 11) is 0. The van der Waals surface area contributed by atoms with Crippen LogP contribution in [-0.4, -0.2) is 83.8 Å². The van der Waals surface area contributed by atoms with E-state index in [0.29, 0.717) is 19.1 Å². The van der Waals surface area contributed by atoms with Gasteiger partial charge in [-0.3, -0.25) is 9.88 Å². The van der Waals surface area contributed by atoms with Crippen molar-refractivity contribution < 1.29 is 4.79 Å². The molecule has 2 amide bonds. The number of anilines is 1. The zero-order chi connectivity index (χ0) is 24.2. The van der Waals surface area contributed by atoms with Gasteiger partial charge in [0, 0.05) is 38.4 Å². The topological polar surface area (TPSA) is 94.5 Å². The van der Waals surface area contributed by atoms with Crippen molar-refractivity contribution in [1.82, 2.24) is 30.0 Å². The van der Waals surface area contributed by atoms with Gasteiger partial charge < -0.3 is 20.4 Å². The molecule has 188 valence electrons. The molecule has 2 aromatic rings. The van der Waals surface area contributed by atoms with Gasteiger partial charge in [0.05, 0.1) is 5.69 Å². The fraction of sp³-hybridized carbons (Fsp3) is 0.577. The molecule has 3 aliphatic rings. The van der Waals surface area contributed by atoms with Crippen LogP contribution >= 0.6 is 0 Å². The van der Waals surface area contributed by atoms with Crippen molar-refractivity contribution in [1.29, 1.82) is 0 Å². The Morgan fingerprint density at radius 2 is 1.74 bits per heavy atom. The van der Waals surface area contributed by atoms with Crippen LogP contribution < -0.4 is 21.6 Å². The molecule has 5 rings (SSSR count). The number of nitrogens with zero attached hydrogens (tertiary/aromatic N) is 4. The van der Waals surface area contributed by atoms with Gasteiger partial charge in [0.2, 0.25) is 0 Å². The van der Waals surface area contributed by atoms with E-state index in [-0.39, 0.29) is 11.8 Å². The second-order valence-electron chi connectivity index (χ2n) is 10.1. The summed E-state index contributed by atoms with van der Waals surface area (Å²) in [5.74, 6) is 2.07. The molecule has 1 unspecified atom stereocenters. The Kier molecular flexibility index (Phi) is 7.46. The molecule has 1 atom stereocenters. The number of piperazine rings is 1. The number of carbonyl (C=O) groups is 1. The van der Waals surface area contributed by atoms with Crippen LogP contribution in [0.1, 0.15) is 25.3 Å². The highest BCUT2D eigenvalue weighted by Crippen LogP contribution is 2.28. The minimum atomic E-state index is -0.409. The summed E-state index contributed by atoms with van der Waals surface area (Å²) in [6, 6.07) is 10.1. The lowest BCUT2D eigenvalue weighted by Gasteiger charge is -2.42. The monoisotopic (exact) mass is 479 g/mol. The Hall–Kier alpha value is -2.75. The van der Waals surface area contributed by atoms with Crippen molar-refractivity contribution in [2.45, 2.75) is 32.2 Å². The van der Waals surface area contributed by atoms with E-state index in [1.807, 2.05) is 12.1 Å². The molecule has 3 aliphatic heterocycles. The predicted molar refractivity (Wildman–Crippen MR) is 137 cm³/mol. The maximum absolute atomic E-state index is 12.6. The first-order valence-electron chi connectivity index (χ1n) is 13.0. The molecule has 35 heavy (non-hydrogen) atoms. The van der Waals surface area contributed by atoms with E-state index in [9.17, 15) is 9.59 Å². The Labute approximate surface area is 206 Å². The van der Waals surface area contributed by atoms with E-state index in [1.165, 1.54) is 49.2 Å². The summed E-state index contributed by atoms with van der Waals surface area (Å²) in [6.45, 7) is 9.95. The zero-order valence-electron chi connectivity index (χ0n) is 20.6. The average Bonchev–Trinajstić information content (AvgIpc) is 2.85. The lowest BCUT2D eigenvalue weighted by Crippen LogP contribution is -2.50. The first-order valence-corrected chi connectivity index (χ1v) is 13.0. The summed E-state index contributed by atoms with van der Waals surface area (Å²) in [4.78, 5) is 33.4. The molecule has 0 saturated carbocycles. The summed E-state index contributed by atoms with van der Waals surface area (Å²) < 4.78 is 1.51. The van der Waals surface area contributed by atoms with Gasteiger partial charge in [0.25, 0.3) is 0 Å². The van der Waals surface area contributed by atoms with Crippen molar-refractivity contribution in [3.05, 3.63) is 52.6 Å². The van der Waals surface area contributed by atoms with Crippen LogP contribution in [0.25, 0.3) is 5.69 Å². The van der Waals surface area contributed by atoms with Gasteiger partial charge in [0.15, 0.2) is 0 Å². The summed E-state index contributed by atoms with van der Waals surface area (Å²) in [5, 5.41) is 9.36. The van der Waals surface area contributed by atoms with Crippen LogP contribution in [-0.2, 0) is 6.42 Å². The minimum absolute atomic E-state index is 0.223. The molecular formula is C26H37N7O2. The second-order valence-corrected chi connectivity index (χ2v) is 10.1. The maximum Gasteiger partial charge on any atom is 0.354 e. The molecule has 9 nitrogen and oxygen atoms in total. The number of nitrogens with one attached hydrogen (secondary N) is 3. The highest BCUT2D eigenvalue weighted by atomic mass is 16.2. The lowest BCUT2D eigenvalue weighted by atomic mass is 9.80. The van der Waals surface area contributed by atoms with Gasteiger partial charge >= 0.3 is 11.7 Å². The van der Waals surface area contributed by atoms with Crippen LogP contribution in [0.3, 0.4) is 0 Å². The summed E-state index contributed by atoms with van der Waals surface area (Å²) >= 11 is 0. The van der Waals surface area contributed by atoms with Gasteiger partial charge in [-0.05, 0) is 88.0 Å². The van der Waals surface area contributed by atoms with E-state index >= 15 is 0 Å². The second kappa shape index (κ2) is 10.9. The molecule has 9 heteroatoms. The van der Waals surface area contributed by atoms with Crippen molar-refractivity contribution >= 4 is 11.8 Å². The molecule has 0 aliphatic carbocycles. The Bertz CT molecular complexity index is 1050. The predicted octanol–water partition coefficient (Wildman–Crippen LogP) is 1.53. The number of benzene rings is 1. The first-order chi connectivity index (χ1) is 17.1. The van der Waals surface area contributed by atoms with E-state index in [1.54, 1.807) is 17.2 Å². The van der Waals surface area contributed by atoms with Crippen LogP contribution in [0.5, 0.6) is 0 Å². The quantitative estimate of drug-likeness (QED) is 0.582. The van der Waals surface area contributed by atoms with Crippen molar-refractivity contribution in [3.63, 3.8) is 0 Å². The SMILES string of the molecule is CC(Cc1ccc(-n2ccc(NC(=O)N3CCNCC3)nc2=O)cc1)N1CCC(C2CNC2)CC1. The van der Waals surface area contributed by atoms with E-state index in [4.69, 9.17) is 0 Å². The van der Waals surface area contributed by atoms with Gasteiger partial charge in [-0.1, -0.05) is 12.1 Å². The molecule has 3 N–H and O–H groups in total. The molecule has 0 spiro atoms. The van der Waals surface area contributed by atoms with Gasteiger partial charge in [0.1, 0.15) is 5.82 Å². The first kappa shape index (κ1) is 24.0. The zero-order valence-corrected chi connectivity index (χ0v) is 20.6. The molecule has 3 fully saturated rings. The normalized spacial score (nSPS) is 20.9. The number of hydrogen-bond acceptors (Lipinski definition) is 6. The number of urea groups is 1. The molecule has 0 bridgehead atoms. The third-order valence-corrected chi connectivity index (χ3v) is 7.87. The largest absolute Gasteiger partial charge is 0.354 e. The maximum atomic E-state index is 12.6. The molecule has 1 aromatic heterocycles. The lowest BCUT2D eigenvalue weighted by molar-refractivity contribution is 0.0954. The number of rotatable bonds is 6. The van der Waals surface area contributed by atoms with Gasteiger partial charge in [-0.15, -0.1) is 0 Å². The van der Waals surface area contributed by atoms with E-state index in [2.05, 4.69) is 44.9 Å². The van der Waals surface area contributed by atoms with Crippen LogP contribution in [0.15, 0.2) is 41.3 Å². The molecular weight excluding hydrogens is 442 g/mol. The summed E-state index contributed by atoms with van der Waals surface area (Å²) in [6.07, 6.45) is 5.30. The minimum Gasteiger partial charge on any atom is -0.322 e. The number of likely N-dealkylation sites (tertiary alicyclic amines) is 1. The fourth-order valence-corrected chi connectivity index (χ4v) is 5.46. The third-order valence-electron chi connectivity index (χ3n) is 7.87. The van der Waals surface area contributed by atoms with E-state index < -0.39 is 5.69 Å². The Balaban J connectivity index is 1.15. The van der Waals surface area contributed by atoms with E-state index in [0.717, 1.165) is 37.0 Å². The average molecular weight is 480 g/mol. The van der Waals surface area contributed by atoms with Crippen LogP contribution in [0, 0.1) is 11.8 Å². The highest BCUT2D eigenvalue weighted by molar-refractivity contribution is 5.88. The molecule has 3 saturated heterocycles. The smallest absolute Gasteiger partial charge is 0.322 e. The van der Waals surface area contributed by atoms with Gasteiger partial charge in [-0.25, -0.2) is 9.59 Å². The highest BCUT2D eigenvalue weighted by Gasteiger charge is 2.31. The standard InChI is InChI=1S/C26H37N7O2/c1-19(31-11-6-21(7-12-31)22-17-28-18-22)16-20-2-4-23(5-3-20)33-13-8-24(30-26(33)35)29-25(34)32-14-9-27-10-15-32/h2-5,8,13,19,21-22,27-28H,6-7,9-12,14-18H2,1H3,(H,29,30,34,35). The van der Waals surface area contributed by atoms with Crippen molar-refractivity contribution in [3.8, 4) is 5.69 Å². The fourth-order valence-electron chi connectivity index (χ4n) is 5.46. The molecule has 0 radical (unpaired) electrons. The number of aromatic nitrogens is 2. The Morgan fingerprint density at radius 1 is 1.03 bits per heavy atom. The summed E-state index contributed by atoms with van der Waals surface area (Å²) in [5.41, 5.74) is 1.63. The van der Waals surface area contributed by atoms with Crippen molar-refractivity contribution in [2.24, 2.45) is 11.8 Å². The van der Waals surface area contributed by atoms with Gasteiger partial charge in [-0.2, -0.15) is 4.98 Å².